The molecule has 2 unspecified atom stereocenters. The third kappa shape index (κ3) is 10.9. The Hall–Kier alpha value is -3.76. The molecule has 6 rings (SSSR count). The molecule has 2 aliphatic rings. The number of hydrogen-bond donors (Lipinski definition) is 0. The van der Waals surface area contributed by atoms with E-state index in [1.54, 1.807) is 36.4 Å². The van der Waals surface area contributed by atoms with E-state index in [1.807, 2.05) is 120 Å². The second-order valence-electron chi connectivity index (χ2n) is 20.3. The second kappa shape index (κ2) is 18.5. The topological polar surface area (TPSA) is 110 Å². The molecule has 0 bridgehead atoms. The van der Waals surface area contributed by atoms with E-state index in [9.17, 15) is 9.59 Å². The van der Waals surface area contributed by atoms with Crippen molar-refractivity contribution >= 4 is 92.5 Å². The van der Waals surface area contributed by atoms with E-state index < -0.39 is 45.6 Å². The van der Waals surface area contributed by atoms with Crippen molar-refractivity contribution in [3.8, 4) is 11.5 Å². The van der Waals surface area contributed by atoms with Crippen LogP contribution in [0.15, 0.2) is 124 Å². The van der Waals surface area contributed by atoms with Crippen LogP contribution < -0.4 is 0 Å². The van der Waals surface area contributed by atoms with Crippen LogP contribution in [0.1, 0.15) is 107 Å². The largest absolute Gasteiger partial charge is 0.455 e. The zero-order chi connectivity index (χ0) is 47.4. The van der Waals surface area contributed by atoms with Crippen LogP contribution in [0.5, 0.6) is 0 Å². The van der Waals surface area contributed by atoms with Crippen LogP contribution in [0.25, 0.3) is 11.5 Å². The Balaban J connectivity index is 1.49. The molecule has 0 radical (unpaired) electrons. The molecule has 64 heavy (non-hydrogen) atoms. The molecule has 2 heterocycles. The van der Waals surface area contributed by atoms with Gasteiger partial charge in [-0.15, -0.1) is 0 Å². The lowest BCUT2D eigenvalue weighted by Gasteiger charge is -2.34. The third-order valence-corrected chi connectivity index (χ3v) is 12.6. The van der Waals surface area contributed by atoms with Crippen molar-refractivity contribution in [3.63, 3.8) is 0 Å². The van der Waals surface area contributed by atoms with Crippen LogP contribution >= 0.6 is 69.6 Å². The highest BCUT2D eigenvalue weighted by atomic mass is 35.5. The van der Waals surface area contributed by atoms with Crippen LogP contribution in [-0.2, 0) is 9.59 Å². The van der Waals surface area contributed by atoms with Gasteiger partial charge in [-0.25, -0.2) is 0 Å². The van der Waals surface area contributed by atoms with E-state index in [2.05, 4.69) is 10.2 Å². The number of ketones is 2. The van der Waals surface area contributed by atoms with Gasteiger partial charge < -0.3 is 8.83 Å². The van der Waals surface area contributed by atoms with Crippen LogP contribution in [0.2, 0.25) is 30.1 Å². The van der Waals surface area contributed by atoms with Crippen molar-refractivity contribution in [3.05, 3.63) is 137 Å². The number of azo groups is 2. The maximum Gasteiger partial charge on any atom is 0.185 e. The Morgan fingerprint density at radius 3 is 0.969 bits per heavy atom. The summed E-state index contributed by atoms with van der Waals surface area (Å²) in [6.07, 6.45) is 7.79. The fraction of sp³-hybridized carbons (Fsp3) is 0.400. The average molecular weight is 986 g/mol. The summed E-state index contributed by atoms with van der Waals surface area (Å²) in [5.41, 5.74) is 1.23. The number of hydrogen-bond acceptors (Lipinski definition) is 8. The van der Waals surface area contributed by atoms with Gasteiger partial charge in [0.15, 0.2) is 23.1 Å². The van der Waals surface area contributed by atoms with E-state index in [0.29, 0.717) is 55.4 Å². The smallest absolute Gasteiger partial charge is 0.185 e. The maximum absolute atomic E-state index is 14.0. The standard InChI is InChI=1S/C50H52Cl6N4O4/c1-47(2,3)29-17-25(18-30(45(29)61)48(4,5)6)41(57-59-43-33(53)21-27(51)22-34(43)54)39-15-13-37(63-39)38-14-16-40(64-38)42(58-60-44-35(55)23-28(52)24-36(44)56)26-19-31(49(7,8)9)46(62)32(20-26)50(10,11)12/h13-26,41-42H,1-12H3/b59-57+,60-58+. The number of nitrogens with zero attached hydrogens (tertiary/aromatic N) is 4. The number of Topliss-reactive ketones (excluding diaryl/α,β-unsaturated/α-hetero) is 2. The van der Waals surface area contributed by atoms with E-state index in [1.165, 1.54) is 0 Å². The summed E-state index contributed by atoms with van der Waals surface area (Å²) >= 11 is 38.7. The number of carbonyl (C=O) groups is 2. The van der Waals surface area contributed by atoms with E-state index in [0.717, 1.165) is 0 Å². The molecule has 0 spiro atoms. The lowest BCUT2D eigenvalue weighted by molar-refractivity contribution is -0.115. The van der Waals surface area contributed by atoms with Crippen LogP contribution in [0.3, 0.4) is 0 Å². The molecule has 0 N–H and O–H groups in total. The van der Waals surface area contributed by atoms with Gasteiger partial charge >= 0.3 is 0 Å². The third-order valence-electron chi connectivity index (χ3n) is 11.0. The Bertz CT molecular complexity index is 2390. The Labute approximate surface area is 405 Å². The molecular weight excluding hydrogens is 933 g/mol. The van der Waals surface area contributed by atoms with Crippen LogP contribution in [0.4, 0.5) is 11.4 Å². The van der Waals surface area contributed by atoms with Crippen molar-refractivity contribution in [2.24, 2.45) is 54.0 Å². The molecule has 0 aliphatic heterocycles. The summed E-state index contributed by atoms with van der Waals surface area (Å²) in [4.78, 5) is 28.0. The number of benzene rings is 2. The quantitative estimate of drug-likeness (QED) is 0.156. The van der Waals surface area contributed by atoms with Gasteiger partial charge in [-0.05, 0) is 70.2 Å². The highest BCUT2D eigenvalue weighted by Gasteiger charge is 2.40. The molecule has 14 heteroatoms. The summed E-state index contributed by atoms with van der Waals surface area (Å²) in [6, 6.07) is 11.8. The molecule has 4 aromatic rings. The normalized spacial score (nSPS) is 17.3. The lowest BCUT2D eigenvalue weighted by Crippen LogP contribution is -2.30. The van der Waals surface area contributed by atoms with Gasteiger partial charge in [0.2, 0.25) is 0 Å². The highest BCUT2D eigenvalue weighted by molar-refractivity contribution is 6.42. The van der Waals surface area contributed by atoms with Gasteiger partial charge in [-0.2, -0.15) is 20.5 Å². The Morgan fingerprint density at radius 2 is 0.719 bits per heavy atom. The first-order valence-corrected chi connectivity index (χ1v) is 23.1. The molecule has 8 nitrogen and oxygen atoms in total. The summed E-state index contributed by atoms with van der Waals surface area (Å²) in [6.45, 7) is 24.2. The van der Waals surface area contributed by atoms with Gasteiger partial charge in [0.25, 0.3) is 0 Å². The molecule has 2 aromatic carbocycles. The molecule has 0 saturated heterocycles. The molecule has 338 valence electrons. The van der Waals surface area contributed by atoms with Crippen molar-refractivity contribution in [1.29, 1.82) is 0 Å². The van der Waals surface area contributed by atoms with Gasteiger partial charge in [0, 0.05) is 44.2 Å². The summed E-state index contributed by atoms with van der Waals surface area (Å²) < 4.78 is 13.2. The fourth-order valence-corrected chi connectivity index (χ4v) is 9.41. The minimum absolute atomic E-state index is 0.0115. The fourth-order valence-electron chi connectivity index (χ4n) is 7.62. The predicted molar refractivity (Wildman–Crippen MR) is 261 cm³/mol. The molecular formula is C50H52Cl6N4O4. The molecule has 2 atom stereocenters. The minimum atomic E-state index is -0.772. The van der Waals surface area contributed by atoms with Crippen molar-refractivity contribution in [2.45, 2.75) is 95.2 Å². The number of furan rings is 2. The zero-order valence-electron chi connectivity index (χ0n) is 37.9. The Morgan fingerprint density at radius 1 is 0.453 bits per heavy atom. The number of carbonyl (C=O) groups excluding carboxylic acids is 2. The SMILES string of the molecule is CC(C)(C)C1=CC(C(/N=N/c2c(Cl)cc(Cl)cc2Cl)c2ccc(-c3ccc(C(/N=N/c4c(Cl)cc(Cl)cc4Cl)C4C=C(C(C)(C)C)C(=O)C(C(C)(C)C)=C4)o3)o2)C=C(C(C)(C)C)C1=O. The average Bonchev–Trinajstić information content (AvgIpc) is 3.83. The minimum Gasteiger partial charge on any atom is -0.455 e. The van der Waals surface area contributed by atoms with Crippen molar-refractivity contribution in [2.75, 3.05) is 0 Å². The van der Waals surface area contributed by atoms with Crippen molar-refractivity contribution < 1.29 is 18.4 Å². The van der Waals surface area contributed by atoms with E-state index in [-0.39, 0.29) is 43.0 Å². The first-order valence-electron chi connectivity index (χ1n) is 20.8. The molecule has 0 fully saturated rings. The van der Waals surface area contributed by atoms with E-state index in [4.69, 9.17) is 88.7 Å². The van der Waals surface area contributed by atoms with Crippen LogP contribution in [0, 0.1) is 33.5 Å². The maximum atomic E-state index is 14.0. The van der Waals surface area contributed by atoms with Crippen molar-refractivity contribution in [1.82, 2.24) is 0 Å². The predicted octanol–water partition coefficient (Wildman–Crippen LogP) is 18.4. The van der Waals surface area contributed by atoms with Gasteiger partial charge in [0.1, 0.15) is 35.0 Å². The number of rotatable bonds is 9. The molecule has 2 aromatic heterocycles. The summed E-state index contributed by atoms with van der Waals surface area (Å²) in [5, 5.41) is 20.4. The molecule has 0 saturated carbocycles. The Kier molecular flexibility index (Phi) is 14.4. The second-order valence-corrected chi connectivity index (χ2v) is 22.8. The molecule has 0 amide bonds. The van der Waals surface area contributed by atoms with Gasteiger partial charge in [-0.3, -0.25) is 9.59 Å². The van der Waals surface area contributed by atoms with E-state index >= 15 is 0 Å². The van der Waals surface area contributed by atoms with Gasteiger partial charge in [-0.1, -0.05) is 177 Å². The first-order chi connectivity index (χ1) is 29.5. The van der Waals surface area contributed by atoms with Gasteiger partial charge in [0.05, 0.1) is 20.1 Å². The zero-order valence-corrected chi connectivity index (χ0v) is 42.5. The first kappa shape index (κ1) is 49.7. The lowest BCUT2D eigenvalue weighted by atomic mass is 9.70. The number of halogens is 6. The monoisotopic (exact) mass is 982 g/mol. The highest BCUT2D eigenvalue weighted by Crippen LogP contribution is 2.48. The summed E-state index contributed by atoms with van der Waals surface area (Å²) in [7, 11) is 0. The number of allylic oxidation sites excluding steroid dienone is 4. The summed E-state index contributed by atoms with van der Waals surface area (Å²) in [5.74, 6) is 0.728. The van der Waals surface area contributed by atoms with Crippen LogP contribution in [-0.4, -0.2) is 11.6 Å². The molecule has 2 aliphatic carbocycles.